The van der Waals surface area contributed by atoms with Gasteiger partial charge in [-0.15, -0.1) is 0 Å². The van der Waals surface area contributed by atoms with E-state index < -0.39 is 0 Å². The molecular weight excluding hydrogens is 188 g/mol. The molecule has 1 aliphatic heterocycles. The third kappa shape index (κ3) is 2.61. The molecule has 15 heavy (non-hydrogen) atoms. The van der Waals surface area contributed by atoms with Gasteiger partial charge in [-0.2, -0.15) is 0 Å². The van der Waals surface area contributed by atoms with Crippen LogP contribution in [0.15, 0.2) is 22.8 Å². The van der Waals surface area contributed by atoms with Crippen LogP contribution in [0.2, 0.25) is 0 Å². The quantitative estimate of drug-likeness (QED) is 0.797. The van der Waals surface area contributed by atoms with Crippen LogP contribution in [-0.2, 0) is 0 Å². The van der Waals surface area contributed by atoms with E-state index >= 15 is 0 Å². The lowest BCUT2D eigenvalue weighted by molar-refractivity contribution is 0.266. The number of nitrogens with one attached hydrogen (secondary N) is 2. The standard InChI is InChI=1S/C12H20N2O/c1-9-8-13-6-5-11(9)14-10(2)12-4-3-7-15-12/h3-4,7,9-11,13-14H,5-6,8H2,1-2H3. The van der Waals surface area contributed by atoms with E-state index in [9.17, 15) is 0 Å². The summed E-state index contributed by atoms with van der Waals surface area (Å²) in [5.41, 5.74) is 0. The molecule has 0 radical (unpaired) electrons. The molecule has 0 spiro atoms. The average molecular weight is 208 g/mol. The van der Waals surface area contributed by atoms with Gasteiger partial charge in [-0.05, 0) is 44.5 Å². The molecule has 1 saturated heterocycles. The molecule has 2 N–H and O–H groups in total. The fourth-order valence-corrected chi connectivity index (χ4v) is 2.20. The number of piperidine rings is 1. The van der Waals surface area contributed by atoms with Crippen molar-refractivity contribution in [1.29, 1.82) is 0 Å². The van der Waals surface area contributed by atoms with Gasteiger partial charge in [0.2, 0.25) is 0 Å². The average Bonchev–Trinajstić information content (AvgIpc) is 2.74. The molecule has 0 saturated carbocycles. The van der Waals surface area contributed by atoms with Gasteiger partial charge in [0.15, 0.2) is 0 Å². The first-order valence-electron chi connectivity index (χ1n) is 5.77. The minimum Gasteiger partial charge on any atom is -0.468 e. The normalized spacial score (nSPS) is 28.9. The van der Waals surface area contributed by atoms with Gasteiger partial charge in [0.25, 0.3) is 0 Å². The topological polar surface area (TPSA) is 37.2 Å². The van der Waals surface area contributed by atoms with E-state index in [1.54, 1.807) is 6.26 Å². The Balaban J connectivity index is 1.90. The van der Waals surface area contributed by atoms with Crippen molar-refractivity contribution in [2.24, 2.45) is 5.92 Å². The largest absolute Gasteiger partial charge is 0.468 e. The first-order chi connectivity index (χ1) is 7.27. The lowest BCUT2D eigenvalue weighted by atomic mass is 9.94. The van der Waals surface area contributed by atoms with E-state index in [-0.39, 0.29) is 0 Å². The lowest BCUT2D eigenvalue weighted by Crippen LogP contribution is -2.46. The first kappa shape index (κ1) is 10.7. The molecule has 0 aliphatic carbocycles. The monoisotopic (exact) mass is 208 g/mol. The maximum absolute atomic E-state index is 5.39. The van der Waals surface area contributed by atoms with Crippen molar-refractivity contribution in [3.63, 3.8) is 0 Å². The smallest absolute Gasteiger partial charge is 0.120 e. The number of hydrogen-bond donors (Lipinski definition) is 2. The van der Waals surface area contributed by atoms with Crippen LogP contribution in [0.4, 0.5) is 0 Å². The van der Waals surface area contributed by atoms with Crippen LogP contribution in [0, 0.1) is 5.92 Å². The highest BCUT2D eigenvalue weighted by Crippen LogP contribution is 2.18. The predicted molar refractivity (Wildman–Crippen MR) is 60.7 cm³/mol. The molecule has 3 atom stereocenters. The Kier molecular flexibility index (Phi) is 3.44. The molecule has 0 aromatic carbocycles. The maximum Gasteiger partial charge on any atom is 0.120 e. The molecule has 84 valence electrons. The molecule has 3 heteroatoms. The Labute approximate surface area is 91.2 Å². The van der Waals surface area contributed by atoms with Gasteiger partial charge in [0, 0.05) is 6.04 Å². The minimum atomic E-state index is 0.311. The van der Waals surface area contributed by atoms with E-state index in [0.717, 1.165) is 18.8 Å². The summed E-state index contributed by atoms with van der Waals surface area (Å²) in [7, 11) is 0. The molecule has 1 aliphatic rings. The molecule has 1 aromatic heterocycles. The highest BCUT2D eigenvalue weighted by molar-refractivity contribution is 5.03. The molecule has 2 rings (SSSR count). The van der Waals surface area contributed by atoms with Crippen LogP contribution in [0.5, 0.6) is 0 Å². The third-order valence-corrected chi connectivity index (χ3v) is 3.22. The Morgan fingerprint density at radius 2 is 2.47 bits per heavy atom. The van der Waals surface area contributed by atoms with E-state index in [2.05, 4.69) is 24.5 Å². The van der Waals surface area contributed by atoms with Gasteiger partial charge >= 0.3 is 0 Å². The van der Waals surface area contributed by atoms with Crippen LogP contribution in [0.25, 0.3) is 0 Å². The zero-order valence-electron chi connectivity index (χ0n) is 9.49. The molecule has 3 nitrogen and oxygen atoms in total. The molecule has 1 aromatic rings. The van der Waals surface area contributed by atoms with Crippen molar-refractivity contribution in [2.75, 3.05) is 13.1 Å². The van der Waals surface area contributed by atoms with Crippen molar-refractivity contribution in [3.05, 3.63) is 24.2 Å². The number of rotatable bonds is 3. The summed E-state index contributed by atoms with van der Waals surface area (Å²) in [6, 6.07) is 4.89. The third-order valence-electron chi connectivity index (χ3n) is 3.22. The second-order valence-electron chi connectivity index (χ2n) is 4.48. The number of hydrogen-bond acceptors (Lipinski definition) is 3. The van der Waals surface area contributed by atoms with Crippen molar-refractivity contribution in [3.8, 4) is 0 Å². The molecular formula is C12H20N2O. The second kappa shape index (κ2) is 4.81. The Bertz CT molecular complexity index is 284. The minimum absolute atomic E-state index is 0.311. The second-order valence-corrected chi connectivity index (χ2v) is 4.48. The molecule has 0 bridgehead atoms. The van der Waals surface area contributed by atoms with Crippen LogP contribution < -0.4 is 10.6 Å². The predicted octanol–water partition coefficient (Wildman–Crippen LogP) is 1.93. The lowest BCUT2D eigenvalue weighted by Gasteiger charge is -2.32. The molecule has 0 amide bonds. The SMILES string of the molecule is CC(NC1CCNCC1C)c1ccco1. The van der Waals surface area contributed by atoms with Crippen LogP contribution >= 0.6 is 0 Å². The van der Waals surface area contributed by atoms with Crippen LogP contribution in [-0.4, -0.2) is 19.1 Å². The van der Waals surface area contributed by atoms with Crippen molar-refractivity contribution in [1.82, 2.24) is 10.6 Å². The number of furan rings is 1. The van der Waals surface area contributed by atoms with Crippen molar-refractivity contribution >= 4 is 0 Å². The van der Waals surface area contributed by atoms with Crippen LogP contribution in [0.3, 0.4) is 0 Å². The van der Waals surface area contributed by atoms with Gasteiger partial charge in [0.05, 0.1) is 12.3 Å². The Morgan fingerprint density at radius 3 is 3.13 bits per heavy atom. The van der Waals surface area contributed by atoms with Gasteiger partial charge in [-0.1, -0.05) is 6.92 Å². The van der Waals surface area contributed by atoms with Gasteiger partial charge in [0.1, 0.15) is 5.76 Å². The summed E-state index contributed by atoms with van der Waals surface area (Å²) in [5.74, 6) is 1.72. The van der Waals surface area contributed by atoms with Gasteiger partial charge in [-0.3, -0.25) is 0 Å². The van der Waals surface area contributed by atoms with E-state index in [0.29, 0.717) is 18.0 Å². The first-order valence-corrected chi connectivity index (χ1v) is 5.77. The van der Waals surface area contributed by atoms with Crippen molar-refractivity contribution < 1.29 is 4.42 Å². The molecule has 2 heterocycles. The van der Waals surface area contributed by atoms with E-state index in [4.69, 9.17) is 4.42 Å². The highest BCUT2D eigenvalue weighted by Gasteiger charge is 2.23. The van der Waals surface area contributed by atoms with E-state index in [1.165, 1.54) is 6.42 Å². The summed E-state index contributed by atoms with van der Waals surface area (Å²) in [5, 5.41) is 7.05. The fourth-order valence-electron chi connectivity index (χ4n) is 2.20. The van der Waals surface area contributed by atoms with Gasteiger partial charge in [-0.25, -0.2) is 0 Å². The summed E-state index contributed by atoms with van der Waals surface area (Å²) < 4.78 is 5.39. The molecule has 1 fully saturated rings. The highest BCUT2D eigenvalue weighted by atomic mass is 16.3. The summed E-state index contributed by atoms with van der Waals surface area (Å²) in [4.78, 5) is 0. The fraction of sp³-hybridized carbons (Fsp3) is 0.667. The van der Waals surface area contributed by atoms with Crippen molar-refractivity contribution in [2.45, 2.75) is 32.4 Å². The molecule has 3 unspecified atom stereocenters. The Hall–Kier alpha value is -0.800. The van der Waals surface area contributed by atoms with E-state index in [1.807, 2.05) is 12.1 Å². The summed E-state index contributed by atoms with van der Waals surface area (Å²) in [6.45, 7) is 6.68. The summed E-state index contributed by atoms with van der Waals surface area (Å²) in [6.07, 6.45) is 2.94. The zero-order chi connectivity index (χ0) is 10.7. The maximum atomic E-state index is 5.39. The Morgan fingerprint density at radius 1 is 1.60 bits per heavy atom. The van der Waals surface area contributed by atoms with Gasteiger partial charge < -0.3 is 15.1 Å². The zero-order valence-corrected chi connectivity index (χ0v) is 9.49. The summed E-state index contributed by atoms with van der Waals surface area (Å²) >= 11 is 0. The van der Waals surface area contributed by atoms with Crippen LogP contribution in [0.1, 0.15) is 32.1 Å².